The number of allylic oxidation sites excluding steroid dienone is 2. The van der Waals surface area contributed by atoms with Gasteiger partial charge in [0.2, 0.25) is 65.0 Å². The lowest BCUT2D eigenvalue weighted by Gasteiger charge is -2.41. The average Bonchev–Trinajstić information content (AvgIpc) is 1.38. The zero-order valence-electron chi connectivity index (χ0n) is 59.4. The second-order valence-corrected chi connectivity index (χ2v) is 27.8. The third-order valence-electron chi connectivity index (χ3n) is 16.8. The predicted octanol–water partition coefficient (Wildman–Crippen LogP) is 4.92. The fraction of sp³-hybridized carbons (Fsp3) is 0.803. The lowest BCUT2D eigenvalue weighted by Crippen LogP contribution is -2.63. The summed E-state index contributed by atoms with van der Waals surface area (Å²) in [6.45, 7) is 34.3. The smallest absolute Gasteiger partial charge is 0.246 e. The minimum absolute atomic E-state index is 0.0333. The number of hydrogen-bond acceptors (Lipinski definition) is 12. The lowest BCUT2D eigenvalue weighted by atomic mass is 9.91. The normalized spacial score (nSPS) is 15.9. The molecule has 6 N–H and O–H groups in total. The molecule has 0 aromatic heterocycles. The highest BCUT2D eigenvalue weighted by atomic mass is 16.3. The van der Waals surface area contributed by atoms with Crippen molar-refractivity contribution >= 4 is 65.0 Å². The van der Waals surface area contributed by atoms with Crippen molar-refractivity contribution in [3.8, 4) is 0 Å². The summed E-state index contributed by atoms with van der Waals surface area (Å²) in [5.41, 5.74) is 5.63. The van der Waals surface area contributed by atoms with Crippen molar-refractivity contribution in [2.45, 2.75) is 237 Å². The summed E-state index contributed by atoms with van der Waals surface area (Å²) in [4.78, 5) is 165. The number of primary amides is 1. The van der Waals surface area contributed by atoms with Crippen LogP contribution in [0.15, 0.2) is 12.2 Å². The van der Waals surface area contributed by atoms with Crippen LogP contribution < -0.4 is 21.7 Å². The van der Waals surface area contributed by atoms with Crippen molar-refractivity contribution in [3.63, 3.8) is 0 Å². The maximum absolute atomic E-state index is 15.2. The maximum atomic E-state index is 15.2. The number of hydrogen-bond donors (Lipinski definition) is 5. The fourth-order valence-corrected chi connectivity index (χ4v) is 10.9. The van der Waals surface area contributed by atoms with E-state index < -0.39 is 138 Å². The van der Waals surface area contributed by atoms with E-state index in [1.807, 2.05) is 96.1 Å². The molecule has 0 aliphatic carbocycles. The Hall–Kier alpha value is -6.13. The van der Waals surface area contributed by atoms with Gasteiger partial charge in [0.15, 0.2) is 0 Å². The van der Waals surface area contributed by atoms with Crippen LogP contribution in [0, 0.1) is 53.3 Å². The van der Waals surface area contributed by atoms with Crippen LogP contribution in [0.3, 0.4) is 0 Å². The van der Waals surface area contributed by atoms with E-state index in [0.717, 1.165) is 9.80 Å². The summed E-state index contributed by atoms with van der Waals surface area (Å²) < 4.78 is 0. The van der Waals surface area contributed by atoms with Crippen molar-refractivity contribution in [1.29, 1.82) is 0 Å². The van der Waals surface area contributed by atoms with Gasteiger partial charge >= 0.3 is 0 Å². The molecule has 0 aromatic carbocycles. The van der Waals surface area contributed by atoms with Crippen molar-refractivity contribution in [2.24, 2.45) is 59.0 Å². The Morgan fingerprint density at radius 1 is 0.438 bits per heavy atom. The zero-order chi connectivity index (χ0) is 69.6. The third kappa shape index (κ3) is 25.2. The molecule has 0 fully saturated rings. The molecule has 0 heterocycles. The van der Waals surface area contributed by atoms with E-state index >= 15 is 14.4 Å². The topological polar surface area (TPSA) is 293 Å². The van der Waals surface area contributed by atoms with Crippen LogP contribution in [0.1, 0.15) is 176 Å². The molecule has 0 rings (SSSR count). The summed E-state index contributed by atoms with van der Waals surface area (Å²) in [5, 5.41) is 20.4. The Balaban J connectivity index is 7.22. The molecule has 11 amide bonds. The van der Waals surface area contributed by atoms with E-state index in [-0.39, 0.29) is 73.0 Å². The first kappa shape index (κ1) is 82.9. The van der Waals surface area contributed by atoms with Gasteiger partial charge in [0, 0.05) is 55.3 Å². The second kappa shape index (κ2) is 38.5. The molecule has 23 heteroatoms. The molecular weight excluding hydrogens is 1140 g/mol. The van der Waals surface area contributed by atoms with Gasteiger partial charge in [-0.25, -0.2) is 0 Å². The van der Waals surface area contributed by atoms with Gasteiger partial charge in [0.05, 0.1) is 12.6 Å². The van der Waals surface area contributed by atoms with Crippen LogP contribution in [0.2, 0.25) is 0 Å². The van der Waals surface area contributed by atoms with E-state index in [9.17, 15) is 43.5 Å². The number of aliphatic hydroxyl groups is 1. The number of carbonyl (C=O) groups excluding carboxylic acids is 11. The molecular formula is C66H121N11O12. The third-order valence-corrected chi connectivity index (χ3v) is 16.8. The van der Waals surface area contributed by atoms with Crippen molar-refractivity contribution in [2.75, 3.05) is 55.9 Å². The summed E-state index contributed by atoms with van der Waals surface area (Å²) in [6.07, 6.45) is 3.65. The van der Waals surface area contributed by atoms with Crippen LogP contribution in [0.5, 0.6) is 0 Å². The van der Waals surface area contributed by atoms with E-state index in [2.05, 4.69) is 16.0 Å². The highest BCUT2D eigenvalue weighted by Crippen LogP contribution is 2.26. The summed E-state index contributed by atoms with van der Waals surface area (Å²) >= 11 is 0. The Kier molecular flexibility index (Phi) is 35.9. The van der Waals surface area contributed by atoms with E-state index in [4.69, 9.17) is 5.73 Å². The molecule has 0 spiro atoms. The maximum Gasteiger partial charge on any atom is 0.246 e. The number of rotatable bonds is 38. The molecule has 12 atom stereocenters. The van der Waals surface area contributed by atoms with Crippen molar-refractivity contribution in [1.82, 2.24) is 50.2 Å². The standard InChI is InChI=1S/C66H121N11O12/c1-27-29-30-44(17)56(79)55(60(83)69-47(28-2)63(86)71(20)36-53(78)72(21)49(57(67)80)32-38(5)6)77(26)66(89)54(43(15)16)76(25)65(88)52(35-41(11)12)75(24)64(87)51(34-40(9)10)74(23)62(85)46(19)68-58(81)48(31-37(3)4)70-59(82)50(33-39(7)8)73(22)61(84)45(18)42(13)14/h27,29,37-52,54-56,79H,28,30-36H2,1-26H3,(H2,67,80)(H,68,81)(H,69,83)(H,70,82)/b29-27-/t44-,45+,46+,47+,48-,49+,50+,51-,52-,54+,55?,56+/m1/s1. The van der Waals surface area contributed by atoms with Crippen LogP contribution in [-0.2, 0) is 52.7 Å². The molecule has 0 saturated heterocycles. The quantitative estimate of drug-likeness (QED) is 0.0515. The van der Waals surface area contributed by atoms with Gasteiger partial charge in [-0.15, -0.1) is 0 Å². The van der Waals surface area contributed by atoms with Crippen LogP contribution in [0.25, 0.3) is 0 Å². The molecule has 23 nitrogen and oxygen atoms in total. The molecule has 0 bridgehead atoms. The first-order valence-corrected chi connectivity index (χ1v) is 32.3. The molecule has 0 aliphatic rings. The molecule has 0 aromatic rings. The van der Waals surface area contributed by atoms with Gasteiger partial charge in [0.25, 0.3) is 0 Å². The highest BCUT2D eigenvalue weighted by Gasteiger charge is 2.45. The number of amides is 11. The van der Waals surface area contributed by atoms with Gasteiger partial charge in [-0.3, -0.25) is 52.7 Å². The second-order valence-electron chi connectivity index (χ2n) is 27.8. The first-order valence-electron chi connectivity index (χ1n) is 32.3. The minimum atomic E-state index is -1.60. The summed E-state index contributed by atoms with van der Waals surface area (Å²) in [6, 6.07) is -10.4. The molecule has 0 saturated carbocycles. The Labute approximate surface area is 535 Å². The molecule has 0 radical (unpaired) electrons. The zero-order valence-corrected chi connectivity index (χ0v) is 59.4. The first-order chi connectivity index (χ1) is 40.9. The molecule has 1 unspecified atom stereocenters. The van der Waals surface area contributed by atoms with Crippen molar-refractivity contribution < 1.29 is 57.8 Å². The largest absolute Gasteiger partial charge is 0.390 e. The van der Waals surface area contributed by atoms with Crippen LogP contribution in [0.4, 0.5) is 0 Å². The van der Waals surface area contributed by atoms with Gasteiger partial charge in [-0.1, -0.05) is 130 Å². The average molecular weight is 1260 g/mol. The van der Waals surface area contributed by atoms with E-state index in [1.165, 1.54) is 73.7 Å². The van der Waals surface area contributed by atoms with Crippen LogP contribution >= 0.6 is 0 Å². The number of nitrogens with zero attached hydrogens (tertiary/aromatic N) is 7. The van der Waals surface area contributed by atoms with Gasteiger partial charge in [-0.2, -0.15) is 0 Å². The number of carbonyl (C=O) groups is 11. The van der Waals surface area contributed by atoms with E-state index in [0.29, 0.717) is 19.3 Å². The Morgan fingerprint density at radius 2 is 0.854 bits per heavy atom. The summed E-state index contributed by atoms with van der Waals surface area (Å²) in [5.74, 6) is -8.39. The molecule has 0 aliphatic heterocycles. The minimum Gasteiger partial charge on any atom is -0.390 e. The van der Waals surface area contributed by atoms with Crippen molar-refractivity contribution in [3.05, 3.63) is 12.2 Å². The monoisotopic (exact) mass is 1260 g/mol. The molecule has 512 valence electrons. The Morgan fingerprint density at radius 3 is 1.28 bits per heavy atom. The Bertz CT molecular complexity index is 2380. The lowest BCUT2D eigenvalue weighted by molar-refractivity contribution is -0.157. The fourth-order valence-electron chi connectivity index (χ4n) is 10.9. The van der Waals surface area contributed by atoms with Crippen LogP contribution in [-0.4, -0.2) is 221 Å². The number of nitrogens with two attached hydrogens (primary N) is 1. The SMILES string of the molecule is C/C=C\C[C@@H](C)[C@H](O)C(C(=O)N[C@@H](CC)C(=O)N(C)CC(=O)N(C)[C@@H](CC(C)C)C(N)=O)N(C)C(=O)[C@H](C(C)C)N(C)C(=O)[C@@H](CC(C)C)N(C)C(=O)[C@@H](CC(C)C)N(C)C(=O)[C@H](C)NC(=O)[C@@H](CC(C)C)NC(=O)[C@H](CC(C)C)N(C)C(=O)[C@@H](C)C(C)C. The van der Waals surface area contributed by atoms with E-state index in [1.54, 1.807) is 47.7 Å². The number of nitrogens with one attached hydrogen (secondary N) is 3. The predicted molar refractivity (Wildman–Crippen MR) is 349 cm³/mol. The van der Waals surface area contributed by atoms with Gasteiger partial charge in [0.1, 0.15) is 54.4 Å². The number of likely N-dealkylation sites (N-methyl/N-ethyl adjacent to an activating group) is 7. The molecule has 89 heavy (non-hydrogen) atoms. The highest BCUT2D eigenvalue weighted by molar-refractivity contribution is 5.99. The number of aliphatic hydroxyl groups excluding tert-OH is 1. The summed E-state index contributed by atoms with van der Waals surface area (Å²) in [7, 11) is 10.1. The van der Waals surface area contributed by atoms with Gasteiger partial charge in [-0.05, 0) is 106 Å². The van der Waals surface area contributed by atoms with Gasteiger partial charge < -0.3 is 61.1 Å².